The van der Waals surface area contributed by atoms with Gasteiger partial charge in [-0.3, -0.25) is 4.79 Å². The lowest BCUT2D eigenvalue weighted by Crippen LogP contribution is -2.39. The third kappa shape index (κ3) is 2.21. The number of carbonyl (C=O) groups excluding carboxylic acids is 1. The molecule has 3 nitrogen and oxygen atoms in total. The number of benzene rings is 1. The third-order valence-electron chi connectivity index (χ3n) is 3.85. The van der Waals surface area contributed by atoms with E-state index in [0.29, 0.717) is 36.2 Å². The van der Waals surface area contributed by atoms with Gasteiger partial charge in [0.1, 0.15) is 5.82 Å². The topological polar surface area (TPSA) is 40.5 Å². The number of aryl methyl sites for hydroxylation is 1. The van der Waals surface area contributed by atoms with Gasteiger partial charge >= 0.3 is 0 Å². The molecule has 20 heavy (non-hydrogen) atoms. The van der Waals surface area contributed by atoms with E-state index in [1.165, 1.54) is 17.4 Å². The zero-order valence-electron chi connectivity index (χ0n) is 11.2. The maximum Gasteiger partial charge on any atom is 0.264 e. The Balaban J connectivity index is 1.96. The molecule has 1 aromatic heterocycles. The van der Waals surface area contributed by atoms with Gasteiger partial charge in [0.25, 0.3) is 5.91 Å². The predicted molar refractivity (Wildman–Crippen MR) is 77.7 cm³/mol. The highest BCUT2D eigenvalue weighted by atomic mass is 32.1. The summed E-state index contributed by atoms with van der Waals surface area (Å²) in [5.74, 6) is -0.320. The number of carbonyl (C=O) groups is 1. The average molecular weight is 293 g/mol. The van der Waals surface area contributed by atoms with E-state index in [1.54, 1.807) is 17.9 Å². The van der Waals surface area contributed by atoms with E-state index in [-0.39, 0.29) is 17.8 Å². The molecule has 0 radical (unpaired) electrons. The van der Waals surface area contributed by atoms with Crippen molar-refractivity contribution in [3.05, 3.63) is 34.5 Å². The van der Waals surface area contributed by atoms with E-state index in [1.807, 2.05) is 6.07 Å². The Kier molecular flexibility index (Phi) is 3.48. The molecule has 0 bridgehead atoms. The van der Waals surface area contributed by atoms with E-state index in [4.69, 9.17) is 0 Å². The lowest BCUT2D eigenvalue weighted by molar-refractivity contribution is 0.0550. The van der Waals surface area contributed by atoms with Crippen LogP contribution in [0.1, 0.15) is 28.1 Å². The van der Waals surface area contributed by atoms with Gasteiger partial charge in [0.15, 0.2) is 0 Å². The van der Waals surface area contributed by atoms with Gasteiger partial charge in [0.2, 0.25) is 0 Å². The number of amides is 1. The molecule has 5 heteroatoms. The van der Waals surface area contributed by atoms with Crippen LogP contribution in [-0.2, 0) is 0 Å². The third-order valence-corrected chi connectivity index (χ3v) is 5.09. The van der Waals surface area contributed by atoms with Crippen LogP contribution in [0.3, 0.4) is 0 Å². The first-order valence-electron chi connectivity index (χ1n) is 6.73. The SMILES string of the molecule is Cc1c(C(=O)N2CCC(O)CC2)sc2cccc(F)c12. The minimum absolute atomic E-state index is 0.0463. The molecule has 1 aliphatic rings. The van der Waals surface area contributed by atoms with Crippen molar-refractivity contribution in [2.45, 2.75) is 25.9 Å². The average Bonchev–Trinajstić information content (AvgIpc) is 2.77. The first kappa shape index (κ1) is 13.5. The van der Waals surface area contributed by atoms with Crippen LogP contribution >= 0.6 is 11.3 Å². The van der Waals surface area contributed by atoms with Crippen LogP contribution in [0, 0.1) is 12.7 Å². The molecule has 1 saturated heterocycles. The summed E-state index contributed by atoms with van der Waals surface area (Å²) in [6.45, 7) is 2.93. The van der Waals surface area contributed by atoms with Crippen molar-refractivity contribution in [3.63, 3.8) is 0 Å². The molecular weight excluding hydrogens is 277 g/mol. The predicted octanol–water partition coefficient (Wildman–Crippen LogP) is 2.95. The Morgan fingerprint density at radius 1 is 1.40 bits per heavy atom. The highest BCUT2D eigenvalue weighted by molar-refractivity contribution is 7.21. The van der Waals surface area contributed by atoms with Gasteiger partial charge in [-0.25, -0.2) is 4.39 Å². The number of nitrogens with zero attached hydrogens (tertiary/aromatic N) is 1. The fourth-order valence-corrected chi connectivity index (χ4v) is 3.86. The lowest BCUT2D eigenvalue weighted by Gasteiger charge is -2.29. The Labute approximate surface area is 120 Å². The van der Waals surface area contributed by atoms with Crippen molar-refractivity contribution < 1.29 is 14.3 Å². The summed E-state index contributed by atoms with van der Waals surface area (Å²) in [7, 11) is 0. The van der Waals surface area contributed by atoms with Crippen LogP contribution < -0.4 is 0 Å². The smallest absolute Gasteiger partial charge is 0.264 e. The minimum Gasteiger partial charge on any atom is -0.393 e. The van der Waals surface area contributed by atoms with Gasteiger partial charge in [-0.05, 0) is 37.5 Å². The second-order valence-corrected chi connectivity index (χ2v) is 6.24. The second-order valence-electron chi connectivity index (χ2n) is 5.19. The maximum atomic E-state index is 13.9. The van der Waals surface area contributed by atoms with E-state index >= 15 is 0 Å². The second kappa shape index (κ2) is 5.14. The molecule has 0 unspecified atom stereocenters. The number of thiophene rings is 1. The van der Waals surface area contributed by atoms with Gasteiger partial charge in [-0.1, -0.05) is 6.07 Å². The molecule has 0 atom stereocenters. The number of hydrogen-bond donors (Lipinski definition) is 1. The first-order valence-corrected chi connectivity index (χ1v) is 7.54. The van der Waals surface area contributed by atoms with Crippen LogP contribution in [0.5, 0.6) is 0 Å². The van der Waals surface area contributed by atoms with Crippen molar-refractivity contribution in [3.8, 4) is 0 Å². The van der Waals surface area contributed by atoms with Crippen LogP contribution in [0.25, 0.3) is 10.1 Å². The van der Waals surface area contributed by atoms with Crippen LogP contribution in [0.4, 0.5) is 4.39 Å². The minimum atomic E-state index is -0.306. The number of halogens is 1. The highest BCUT2D eigenvalue weighted by Gasteiger charge is 2.26. The molecule has 0 spiro atoms. The van der Waals surface area contributed by atoms with E-state index in [9.17, 15) is 14.3 Å². The van der Waals surface area contributed by atoms with E-state index in [0.717, 1.165) is 10.3 Å². The van der Waals surface area contributed by atoms with Crippen molar-refractivity contribution >= 4 is 27.3 Å². The molecule has 1 N–H and O–H groups in total. The van der Waals surface area contributed by atoms with Crippen LogP contribution in [0.2, 0.25) is 0 Å². The molecule has 0 aliphatic carbocycles. The van der Waals surface area contributed by atoms with E-state index < -0.39 is 0 Å². The van der Waals surface area contributed by atoms with Gasteiger partial charge in [0.05, 0.1) is 11.0 Å². The standard InChI is InChI=1S/C15H16FNO2S/c1-9-13-11(16)3-2-4-12(13)20-14(9)15(19)17-7-5-10(18)6-8-17/h2-4,10,18H,5-8H2,1H3. The zero-order chi connectivity index (χ0) is 14.3. The number of rotatable bonds is 1. The maximum absolute atomic E-state index is 13.9. The summed E-state index contributed by atoms with van der Waals surface area (Å²) in [5, 5.41) is 10.1. The van der Waals surface area contributed by atoms with Crippen LogP contribution in [0.15, 0.2) is 18.2 Å². The Hall–Kier alpha value is -1.46. The fourth-order valence-electron chi connectivity index (χ4n) is 2.67. The van der Waals surface area contributed by atoms with Gasteiger partial charge < -0.3 is 10.0 Å². The molecule has 1 amide bonds. The van der Waals surface area contributed by atoms with Gasteiger partial charge in [-0.2, -0.15) is 0 Å². The molecular formula is C15H16FNO2S. The van der Waals surface area contributed by atoms with Crippen LogP contribution in [-0.4, -0.2) is 35.1 Å². The Morgan fingerprint density at radius 3 is 2.75 bits per heavy atom. The normalized spacial score (nSPS) is 16.9. The molecule has 1 aliphatic heterocycles. The number of fused-ring (bicyclic) bond motifs is 1. The lowest BCUT2D eigenvalue weighted by atomic mass is 10.1. The van der Waals surface area contributed by atoms with Crippen molar-refractivity contribution in [1.29, 1.82) is 0 Å². The summed E-state index contributed by atoms with van der Waals surface area (Å²) in [4.78, 5) is 14.9. The Morgan fingerprint density at radius 2 is 2.10 bits per heavy atom. The summed E-state index contributed by atoms with van der Waals surface area (Å²) >= 11 is 1.35. The van der Waals surface area contributed by atoms with Gasteiger partial charge in [-0.15, -0.1) is 11.3 Å². The van der Waals surface area contributed by atoms with E-state index in [2.05, 4.69) is 0 Å². The quantitative estimate of drug-likeness (QED) is 0.878. The first-order chi connectivity index (χ1) is 9.58. The molecule has 3 rings (SSSR count). The molecule has 2 aromatic rings. The highest BCUT2D eigenvalue weighted by Crippen LogP contribution is 2.33. The number of aliphatic hydroxyl groups excluding tert-OH is 1. The molecule has 0 saturated carbocycles. The summed E-state index contributed by atoms with van der Waals surface area (Å²) in [6, 6.07) is 4.93. The van der Waals surface area contributed by atoms with Crippen molar-refractivity contribution in [2.75, 3.05) is 13.1 Å². The number of likely N-dealkylation sites (tertiary alicyclic amines) is 1. The summed E-state index contributed by atoms with van der Waals surface area (Å²) in [6.07, 6.45) is 0.925. The molecule has 2 heterocycles. The Bertz CT molecular complexity index is 659. The summed E-state index contributed by atoms with van der Waals surface area (Å²) < 4.78 is 14.7. The summed E-state index contributed by atoms with van der Waals surface area (Å²) in [5.41, 5.74) is 0.722. The van der Waals surface area contributed by atoms with Gasteiger partial charge in [0, 0.05) is 23.2 Å². The number of piperidine rings is 1. The van der Waals surface area contributed by atoms with Crippen molar-refractivity contribution in [1.82, 2.24) is 4.90 Å². The molecule has 1 aromatic carbocycles. The number of aliphatic hydroxyl groups is 1. The zero-order valence-corrected chi connectivity index (χ0v) is 12.0. The van der Waals surface area contributed by atoms with Crippen molar-refractivity contribution in [2.24, 2.45) is 0 Å². The fraction of sp³-hybridized carbons (Fsp3) is 0.400. The monoisotopic (exact) mass is 293 g/mol. The molecule has 106 valence electrons. The number of hydrogen-bond acceptors (Lipinski definition) is 3. The largest absolute Gasteiger partial charge is 0.393 e. The molecule has 1 fully saturated rings.